The molecule has 0 aliphatic rings. The fraction of sp³-hybridized carbons (Fsp3) is 1.00. The molecule has 0 aromatic rings. The summed E-state index contributed by atoms with van der Waals surface area (Å²) in [5.41, 5.74) is 0. The Balaban J connectivity index is 4.76. The van der Waals surface area contributed by atoms with Crippen molar-refractivity contribution in [3.05, 3.63) is 0 Å². The van der Waals surface area contributed by atoms with Crippen LogP contribution in [0.15, 0.2) is 0 Å². The van der Waals surface area contributed by atoms with Gasteiger partial charge in [0.1, 0.15) is 0 Å². The molecular formula is C9H25N3OP+. The molecule has 0 saturated carbocycles. The summed E-state index contributed by atoms with van der Waals surface area (Å²) < 4.78 is 12.4. The van der Waals surface area contributed by atoms with Crippen molar-refractivity contribution in [1.82, 2.24) is 14.0 Å². The molecule has 0 amide bonds. The van der Waals surface area contributed by atoms with Gasteiger partial charge in [0.2, 0.25) is 6.35 Å². The zero-order chi connectivity index (χ0) is 11.4. The third kappa shape index (κ3) is 2.88. The smallest absolute Gasteiger partial charge is 0.252 e. The van der Waals surface area contributed by atoms with Crippen LogP contribution in [0.2, 0.25) is 0 Å². The first-order valence-corrected chi connectivity index (χ1v) is 6.72. The van der Waals surface area contributed by atoms with E-state index in [-0.39, 0.29) is 0 Å². The van der Waals surface area contributed by atoms with Crippen LogP contribution < -0.4 is 0 Å². The van der Waals surface area contributed by atoms with Crippen LogP contribution in [-0.4, -0.2) is 69.3 Å². The van der Waals surface area contributed by atoms with Crippen LogP contribution in [0.5, 0.6) is 0 Å². The Bertz CT molecular complexity index is 140. The van der Waals surface area contributed by atoms with Gasteiger partial charge in [-0.05, 0) is 6.92 Å². The lowest BCUT2D eigenvalue weighted by atomic mass is 10.9. The summed E-state index contributed by atoms with van der Waals surface area (Å²) in [5, 5.41) is 0. The van der Waals surface area contributed by atoms with E-state index in [2.05, 4.69) is 56.3 Å². The third-order valence-corrected chi connectivity index (χ3v) is 6.76. The standard InChI is InChI=1S/C9H25N3OP/c1-8-13-9-14(10(2)3,11(4)5)12(6)7/h8-9H2,1-7H3/q+1. The monoisotopic (exact) mass is 222 g/mol. The Labute approximate surface area is 89.3 Å². The van der Waals surface area contributed by atoms with E-state index in [0.29, 0.717) is 0 Å². The van der Waals surface area contributed by atoms with Gasteiger partial charge in [-0.25, -0.2) is 0 Å². The van der Waals surface area contributed by atoms with Gasteiger partial charge in [0.25, 0.3) is 7.71 Å². The average Bonchev–Trinajstić information content (AvgIpc) is 2.03. The van der Waals surface area contributed by atoms with Crippen LogP contribution in [-0.2, 0) is 4.74 Å². The van der Waals surface area contributed by atoms with Gasteiger partial charge in [0.15, 0.2) is 0 Å². The summed E-state index contributed by atoms with van der Waals surface area (Å²) in [5.74, 6) is 0. The van der Waals surface area contributed by atoms with Crippen LogP contribution in [0, 0.1) is 0 Å². The molecule has 4 nitrogen and oxygen atoms in total. The predicted molar refractivity (Wildman–Crippen MR) is 64.5 cm³/mol. The molecule has 0 saturated heterocycles. The molecule has 0 atom stereocenters. The predicted octanol–water partition coefficient (Wildman–Crippen LogP) is 1.43. The lowest BCUT2D eigenvalue weighted by Gasteiger charge is -2.39. The van der Waals surface area contributed by atoms with Crippen molar-refractivity contribution < 1.29 is 4.74 Å². The zero-order valence-electron chi connectivity index (χ0n) is 10.6. The number of ether oxygens (including phenoxy) is 1. The molecule has 0 aromatic heterocycles. The van der Waals surface area contributed by atoms with E-state index >= 15 is 0 Å². The number of hydrogen-bond acceptors (Lipinski definition) is 4. The Kier molecular flexibility index (Phi) is 6.10. The maximum Gasteiger partial charge on any atom is 0.252 e. The van der Waals surface area contributed by atoms with Crippen molar-refractivity contribution in [2.24, 2.45) is 0 Å². The molecule has 14 heavy (non-hydrogen) atoms. The number of nitrogens with zero attached hydrogens (tertiary/aromatic N) is 3. The summed E-state index contributed by atoms with van der Waals surface area (Å²) >= 11 is 0. The molecule has 0 rings (SSSR count). The molecule has 0 fully saturated rings. The average molecular weight is 222 g/mol. The molecule has 0 heterocycles. The summed E-state index contributed by atoms with van der Waals surface area (Å²) in [6.45, 7) is 2.81. The van der Waals surface area contributed by atoms with Crippen molar-refractivity contribution in [3.8, 4) is 0 Å². The first-order valence-electron chi connectivity index (χ1n) is 4.88. The summed E-state index contributed by atoms with van der Waals surface area (Å²) in [4.78, 5) is 0. The van der Waals surface area contributed by atoms with Crippen LogP contribution in [0.1, 0.15) is 6.92 Å². The normalized spacial score (nSPS) is 13.3. The van der Waals surface area contributed by atoms with E-state index in [0.717, 1.165) is 13.0 Å². The molecule has 0 aromatic carbocycles. The van der Waals surface area contributed by atoms with Gasteiger partial charge in [-0.3, -0.25) is 0 Å². The molecule has 0 radical (unpaired) electrons. The van der Waals surface area contributed by atoms with Crippen LogP contribution in [0.3, 0.4) is 0 Å². The molecule has 0 N–H and O–H groups in total. The van der Waals surface area contributed by atoms with Crippen molar-refractivity contribution >= 4 is 7.71 Å². The van der Waals surface area contributed by atoms with Gasteiger partial charge in [0.05, 0.1) is 0 Å². The Hall–Kier alpha value is 0.270. The van der Waals surface area contributed by atoms with Gasteiger partial charge >= 0.3 is 0 Å². The van der Waals surface area contributed by atoms with E-state index in [9.17, 15) is 0 Å². The zero-order valence-corrected chi connectivity index (χ0v) is 11.5. The molecule has 86 valence electrons. The van der Waals surface area contributed by atoms with E-state index in [1.54, 1.807) is 0 Å². The molecular weight excluding hydrogens is 197 g/mol. The van der Waals surface area contributed by atoms with E-state index < -0.39 is 7.71 Å². The summed E-state index contributed by atoms with van der Waals surface area (Å²) in [7, 11) is 11.3. The van der Waals surface area contributed by atoms with Crippen molar-refractivity contribution in [2.75, 3.05) is 55.2 Å². The lowest BCUT2D eigenvalue weighted by molar-refractivity contribution is 0.180. The largest absolute Gasteiger partial charge is 0.342 e. The third-order valence-electron chi connectivity index (χ3n) is 2.39. The Morgan fingerprint density at radius 2 is 1.21 bits per heavy atom. The molecule has 0 aliphatic carbocycles. The highest BCUT2D eigenvalue weighted by molar-refractivity contribution is 7.68. The fourth-order valence-corrected chi connectivity index (χ4v) is 4.90. The second kappa shape index (κ2) is 5.99. The molecule has 0 bridgehead atoms. The van der Waals surface area contributed by atoms with Crippen LogP contribution >= 0.6 is 7.71 Å². The second-order valence-electron chi connectivity index (χ2n) is 3.86. The van der Waals surface area contributed by atoms with Gasteiger partial charge in [-0.1, -0.05) is 0 Å². The molecule has 0 aliphatic heterocycles. The van der Waals surface area contributed by atoms with Crippen LogP contribution in [0.4, 0.5) is 0 Å². The summed E-state index contributed by atoms with van der Waals surface area (Å²) in [6, 6.07) is 0. The summed E-state index contributed by atoms with van der Waals surface area (Å²) in [6.07, 6.45) is 0.788. The minimum atomic E-state index is -1.45. The van der Waals surface area contributed by atoms with Crippen molar-refractivity contribution in [2.45, 2.75) is 6.92 Å². The maximum absolute atomic E-state index is 5.61. The highest BCUT2D eigenvalue weighted by Crippen LogP contribution is 2.63. The van der Waals surface area contributed by atoms with Gasteiger partial charge < -0.3 is 4.74 Å². The maximum atomic E-state index is 5.61. The first-order chi connectivity index (χ1) is 6.39. The topological polar surface area (TPSA) is 19.0 Å². The minimum absolute atomic E-state index is 0.775. The van der Waals surface area contributed by atoms with Crippen LogP contribution in [0.25, 0.3) is 0 Å². The quantitative estimate of drug-likeness (QED) is 0.633. The minimum Gasteiger partial charge on any atom is -0.342 e. The number of rotatable bonds is 6. The molecule has 0 spiro atoms. The number of hydrogen-bond donors (Lipinski definition) is 0. The van der Waals surface area contributed by atoms with E-state index in [4.69, 9.17) is 4.74 Å². The van der Waals surface area contributed by atoms with Gasteiger partial charge in [-0.2, -0.15) is 14.0 Å². The van der Waals surface area contributed by atoms with E-state index in [1.807, 2.05) is 6.92 Å². The Morgan fingerprint density at radius 3 is 1.43 bits per heavy atom. The Morgan fingerprint density at radius 1 is 0.857 bits per heavy atom. The first kappa shape index (κ1) is 14.3. The SMILES string of the molecule is CCOC[P+](N(C)C)(N(C)C)N(C)C. The fourth-order valence-electron chi connectivity index (χ4n) is 1.63. The van der Waals surface area contributed by atoms with Gasteiger partial charge in [0, 0.05) is 48.9 Å². The van der Waals surface area contributed by atoms with Crippen molar-refractivity contribution in [3.63, 3.8) is 0 Å². The molecule has 0 unspecified atom stereocenters. The van der Waals surface area contributed by atoms with E-state index in [1.165, 1.54) is 0 Å². The highest BCUT2D eigenvalue weighted by atomic mass is 31.2. The molecule has 5 heteroatoms. The lowest BCUT2D eigenvalue weighted by Crippen LogP contribution is -2.38. The van der Waals surface area contributed by atoms with Crippen molar-refractivity contribution in [1.29, 1.82) is 0 Å². The highest BCUT2D eigenvalue weighted by Gasteiger charge is 2.47. The van der Waals surface area contributed by atoms with Gasteiger partial charge in [-0.15, -0.1) is 0 Å². The second-order valence-corrected chi connectivity index (χ2v) is 7.90.